The minimum Gasteiger partial charge on any atom is -0.392 e. The third-order valence-electron chi connectivity index (χ3n) is 4.05. The molecule has 2 aromatic rings. The molecule has 1 aliphatic carbocycles. The van der Waals surface area contributed by atoms with Gasteiger partial charge in [0.05, 0.1) is 0 Å². The molecule has 138 valence electrons. The molecule has 1 fully saturated rings. The lowest BCUT2D eigenvalue weighted by atomic mass is 9.89. The molecule has 9 heteroatoms. The first-order valence-corrected chi connectivity index (χ1v) is 9.99. The van der Waals surface area contributed by atoms with Gasteiger partial charge < -0.3 is 14.8 Å². The summed E-state index contributed by atoms with van der Waals surface area (Å²) >= 11 is 2.10. The van der Waals surface area contributed by atoms with Gasteiger partial charge in [0.25, 0.3) is 0 Å². The first-order chi connectivity index (χ1) is 12.6. The lowest BCUT2D eigenvalue weighted by Gasteiger charge is -2.24. The number of carbonyl (C=O) groups is 1. The SMILES string of the molecule is CC1CCC(O/N=C(\C(=O)OSc2ccccn2)c2csc(N)n2)CC1. The Hall–Kier alpha value is -2.13. The summed E-state index contributed by atoms with van der Waals surface area (Å²) in [5.41, 5.74) is 6.04. The molecular weight excluding hydrogens is 372 g/mol. The molecule has 1 saturated carbocycles. The number of nitrogens with two attached hydrogens (primary N) is 1. The number of hydrogen-bond donors (Lipinski definition) is 1. The molecule has 0 spiro atoms. The van der Waals surface area contributed by atoms with Gasteiger partial charge in [0, 0.05) is 11.6 Å². The predicted molar refractivity (Wildman–Crippen MR) is 102 cm³/mol. The van der Waals surface area contributed by atoms with Gasteiger partial charge in [-0.2, -0.15) is 0 Å². The molecule has 0 radical (unpaired) electrons. The molecule has 2 N–H and O–H groups in total. The molecule has 2 heterocycles. The molecular formula is C17H20N4O3S2. The van der Waals surface area contributed by atoms with E-state index in [0.29, 0.717) is 21.8 Å². The molecule has 26 heavy (non-hydrogen) atoms. The molecule has 0 unspecified atom stereocenters. The first-order valence-electron chi connectivity index (χ1n) is 8.37. The maximum Gasteiger partial charge on any atom is 0.375 e. The number of hydrogen-bond acceptors (Lipinski definition) is 9. The minimum atomic E-state index is -0.643. The van der Waals surface area contributed by atoms with E-state index in [4.69, 9.17) is 14.8 Å². The van der Waals surface area contributed by atoms with Crippen molar-refractivity contribution < 1.29 is 13.8 Å². The zero-order valence-electron chi connectivity index (χ0n) is 14.3. The highest BCUT2D eigenvalue weighted by atomic mass is 32.2. The van der Waals surface area contributed by atoms with E-state index < -0.39 is 5.97 Å². The van der Waals surface area contributed by atoms with Gasteiger partial charge in [-0.05, 0) is 43.7 Å². The van der Waals surface area contributed by atoms with Crippen LogP contribution in [0.25, 0.3) is 0 Å². The molecule has 3 rings (SSSR count). The quantitative estimate of drug-likeness (QED) is 0.455. The summed E-state index contributed by atoms with van der Waals surface area (Å²) < 4.78 is 5.24. The Labute approximate surface area is 160 Å². The number of anilines is 1. The van der Waals surface area contributed by atoms with Crippen LogP contribution in [0.4, 0.5) is 5.13 Å². The van der Waals surface area contributed by atoms with Gasteiger partial charge in [-0.1, -0.05) is 18.1 Å². The number of nitrogen functional groups attached to an aromatic ring is 1. The molecule has 0 saturated heterocycles. The second-order valence-electron chi connectivity index (χ2n) is 6.12. The number of oxime groups is 1. The first kappa shape index (κ1) is 18.7. The average molecular weight is 393 g/mol. The van der Waals surface area contributed by atoms with Crippen molar-refractivity contribution in [2.75, 3.05) is 5.73 Å². The Morgan fingerprint density at radius 3 is 2.81 bits per heavy atom. The van der Waals surface area contributed by atoms with E-state index in [1.807, 2.05) is 6.07 Å². The number of thiazole rings is 1. The van der Waals surface area contributed by atoms with Crippen molar-refractivity contribution in [2.45, 2.75) is 43.7 Å². The Kier molecular flexibility index (Phi) is 6.45. The summed E-state index contributed by atoms with van der Waals surface area (Å²) in [4.78, 5) is 26.3. The van der Waals surface area contributed by atoms with Crippen molar-refractivity contribution in [1.29, 1.82) is 0 Å². The summed E-state index contributed by atoms with van der Waals surface area (Å²) in [6.45, 7) is 2.23. The monoisotopic (exact) mass is 392 g/mol. The van der Waals surface area contributed by atoms with Crippen molar-refractivity contribution in [3.05, 3.63) is 35.5 Å². The molecule has 0 atom stereocenters. The zero-order chi connectivity index (χ0) is 18.4. The van der Waals surface area contributed by atoms with E-state index in [1.54, 1.807) is 23.7 Å². The Morgan fingerprint density at radius 2 is 2.15 bits per heavy atom. The largest absolute Gasteiger partial charge is 0.392 e. The lowest BCUT2D eigenvalue weighted by molar-refractivity contribution is -0.126. The summed E-state index contributed by atoms with van der Waals surface area (Å²) in [6, 6.07) is 5.34. The summed E-state index contributed by atoms with van der Waals surface area (Å²) in [6.07, 6.45) is 5.68. The number of aromatic nitrogens is 2. The van der Waals surface area contributed by atoms with E-state index >= 15 is 0 Å². The highest BCUT2D eigenvalue weighted by Gasteiger charge is 2.24. The summed E-state index contributed by atoms with van der Waals surface area (Å²) in [5.74, 6) is 0.0616. The van der Waals surface area contributed by atoms with Crippen LogP contribution >= 0.6 is 23.4 Å². The van der Waals surface area contributed by atoms with Crippen molar-refractivity contribution in [1.82, 2.24) is 9.97 Å². The average Bonchev–Trinajstić information content (AvgIpc) is 3.08. The third-order valence-corrected chi connectivity index (χ3v) is 5.38. The van der Waals surface area contributed by atoms with Gasteiger partial charge in [-0.15, -0.1) is 11.3 Å². The number of carbonyl (C=O) groups excluding carboxylic acids is 1. The maximum atomic E-state index is 12.5. The van der Waals surface area contributed by atoms with Gasteiger partial charge in [-0.3, -0.25) is 0 Å². The smallest absolute Gasteiger partial charge is 0.375 e. The van der Waals surface area contributed by atoms with Crippen LogP contribution in [0.5, 0.6) is 0 Å². The van der Waals surface area contributed by atoms with Crippen molar-refractivity contribution >= 4 is 40.2 Å². The molecule has 0 aliphatic heterocycles. The molecule has 0 bridgehead atoms. The zero-order valence-corrected chi connectivity index (χ0v) is 16.0. The van der Waals surface area contributed by atoms with Crippen LogP contribution in [0.15, 0.2) is 40.0 Å². The molecule has 7 nitrogen and oxygen atoms in total. The lowest BCUT2D eigenvalue weighted by Crippen LogP contribution is -2.22. The molecule has 1 aliphatic rings. The van der Waals surface area contributed by atoms with Crippen molar-refractivity contribution in [2.24, 2.45) is 11.1 Å². The van der Waals surface area contributed by atoms with E-state index in [9.17, 15) is 4.79 Å². The van der Waals surface area contributed by atoms with Crippen LogP contribution in [-0.2, 0) is 13.8 Å². The van der Waals surface area contributed by atoms with Gasteiger partial charge >= 0.3 is 5.97 Å². The normalized spacial score (nSPS) is 20.6. The van der Waals surface area contributed by atoms with Crippen molar-refractivity contribution in [3.8, 4) is 0 Å². The van der Waals surface area contributed by atoms with E-state index in [-0.39, 0.29) is 11.8 Å². The Morgan fingerprint density at radius 1 is 1.35 bits per heavy atom. The predicted octanol–water partition coefficient (Wildman–Crippen LogP) is 3.67. The van der Waals surface area contributed by atoms with Crippen LogP contribution < -0.4 is 5.73 Å². The number of rotatable bonds is 6. The van der Waals surface area contributed by atoms with Gasteiger partial charge in [0.15, 0.2) is 5.13 Å². The molecule has 0 amide bonds. The Balaban J connectivity index is 1.68. The fourth-order valence-electron chi connectivity index (χ4n) is 2.56. The molecule has 0 aromatic carbocycles. The van der Waals surface area contributed by atoms with Crippen LogP contribution in [0.3, 0.4) is 0 Å². The summed E-state index contributed by atoms with van der Waals surface area (Å²) in [7, 11) is 0. The van der Waals surface area contributed by atoms with E-state index in [1.165, 1.54) is 11.3 Å². The third kappa shape index (κ3) is 5.18. The van der Waals surface area contributed by atoms with Gasteiger partial charge in [-0.25, -0.2) is 14.8 Å². The minimum absolute atomic E-state index is 0.00780. The second-order valence-corrected chi connectivity index (χ2v) is 7.76. The second kappa shape index (κ2) is 9.00. The van der Waals surface area contributed by atoms with Crippen LogP contribution in [-0.4, -0.2) is 27.8 Å². The fourth-order valence-corrected chi connectivity index (χ4v) is 3.59. The van der Waals surface area contributed by atoms with Crippen LogP contribution in [0, 0.1) is 5.92 Å². The van der Waals surface area contributed by atoms with Gasteiger partial charge in [0.1, 0.15) is 28.9 Å². The van der Waals surface area contributed by atoms with Crippen LogP contribution in [0.1, 0.15) is 38.3 Å². The van der Waals surface area contributed by atoms with Crippen molar-refractivity contribution in [3.63, 3.8) is 0 Å². The van der Waals surface area contributed by atoms with Gasteiger partial charge in [0.2, 0.25) is 5.71 Å². The highest BCUT2D eigenvalue weighted by Crippen LogP contribution is 2.26. The maximum absolute atomic E-state index is 12.5. The molecule has 2 aromatic heterocycles. The number of nitrogens with zero attached hydrogens (tertiary/aromatic N) is 3. The Bertz CT molecular complexity index is 758. The highest BCUT2D eigenvalue weighted by molar-refractivity contribution is 7.95. The topological polar surface area (TPSA) is 99.7 Å². The standard InChI is InChI=1S/C17H20N4O3S2/c1-11-5-7-12(8-6-11)23-21-15(13-10-25-17(18)20-13)16(22)24-26-14-4-2-3-9-19-14/h2-4,9-12H,5-8H2,1H3,(H2,18,20)/b21-15-. The van der Waals surface area contributed by atoms with E-state index in [2.05, 4.69) is 22.0 Å². The number of pyridine rings is 1. The summed E-state index contributed by atoms with van der Waals surface area (Å²) in [5, 5.41) is 6.65. The van der Waals surface area contributed by atoms with Crippen LogP contribution in [0.2, 0.25) is 0 Å². The fraction of sp³-hybridized carbons (Fsp3) is 0.412. The van der Waals surface area contributed by atoms with E-state index in [0.717, 1.165) is 37.7 Å².